The molecule has 1 saturated heterocycles. The van der Waals surface area contributed by atoms with E-state index in [-0.39, 0.29) is 0 Å². The maximum Gasteiger partial charge on any atom is 0.0597 e. The highest BCUT2D eigenvalue weighted by molar-refractivity contribution is 4.62. The molecule has 60 valence electrons. The van der Waals surface area contributed by atoms with E-state index in [1.165, 1.54) is 19.3 Å². The fourth-order valence-electron chi connectivity index (χ4n) is 1.28. The highest BCUT2D eigenvalue weighted by atomic mass is 16.5. The minimum absolute atomic E-state index is 0.480. The van der Waals surface area contributed by atoms with Gasteiger partial charge in [-0.3, -0.25) is 0 Å². The summed E-state index contributed by atoms with van der Waals surface area (Å²) < 4.78 is 10.5. The van der Waals surface area contributed by atoms with Crippen LogP contribution in [0.2, 0.25) is 0 Å². The van der Waals surface area contributed by atoms with E-state index in [2.05, 4.69) is 0 Å². The third-order valence-electron chi connectivity index (χ3n) is 1.92. The molecule has 0 N–H and O–H groups in total. The molecule has 0 aromatic heterocycles. The molecule has 1 atom stereocenters. The van der Waals surface area contributed by atoms with Gasteiger partial charge in [-0.15, -0.1) is 0 Å². The molecule has 0 amide bonds. The summed E-state index contributed by atoms with van der Waals surface area (Å²) in [4.78, 5) is 0. The van der Waals surface area contributed by atoms with Crippen molar-refractivity contribution in [2.24, 2.45) is 0 Å². The third kappa shape index (κ3) is 2.67. The Balaban J connectivity index is 2.02. The number of hydrogen-bond acceptors (Lipinski definition) is 2. The van der Waals surface area contributed by atoms with Gasteiger partial charge in [0.05, 0.1) is 6.10 Å². The molecule has 0 aromatic carbocycles. The molecular formula is C8H16O2. The third-order valence-corrected chi connectivity index (χ3v) is 1.92. The number of methoxy groups -OCH3 is 1. The smallest absolute Gasteiger partial charge is 0.0597 e. The van der Waals surface area contributed by atoms with Gasteiger partial charge in [0.25, 0.3) is 0 Å². The highest BCUT2D eigenvalue weighted by Gasteiger charge is 2.12. The molecule has 1 aliphatic rings. The molecule has 1 aliphatic heterocycles. The van der Waals surface area contributed by atoms with Crippen molar-refractivity contribution < 1.29 is 9.47 Å². The van der Waals surface area contributed by atoms with E-state index >= 15 is 0 Å². The second-order valence-corrected chi connectivity index (χ2v) is 2.77. The second-order valence-electron chi connectivity index (χ2n) is 2.77. The van der Waals surface area contributed by atoms with Gasteiger partial charge < -0.3 is 9.47 Å². The largest absolute Gasteiger partial charge is 0.385 e. The summed E-state index contributed by atoms with van der Waals surface area (Å²) in [5, 5.41) is 0. The minimum Gasteiger partial charge on any atom is -0.385 e. The molecule has 0 bridgehead atoms. The number of rotatable bonds is 3. The van der Waals surface area contributed by atoms with Crippen molar-refractivity contribution in [3.8, 4) is 0 Å². The SMILES string of the molecule is COCC[C@@H]1CCCCO1. The van der Waals surface area contributed by atoms with Gasteiger partial charge in [0, 0.05) is 20.3 Å². The van der Waals surface area contributed by atoms with Crippen molar-refractivity contribution in [3.63, 3.8) is 0 Å². The number of ether oxygens (including phenoxy) is 2. The summed E-state index contributed by atoms with van der Waals surface area (Å²) >= 11 is 0. The first-order valence-electron chi connectivity index (χ1n) is 4.04. The predicted octanol–water partition coefficient (Wildman–Crippen LogP) is 1.59. The van der Waals surface area contributed by atoms with E-state index in [1.807, 2.05) is 0 Å². The van der Waals surface area contributed by atoms with Crippen LogP contribution in [-0.4, -0.2) is 26.4 Å². The first-order valence-corrected chi connectivity index (χ1v) is 4.04. The normalized spacial score (nSPS) is 26.7. The predicted molar refractivity (Wildman–Crippen MR) is 40.1 cm³/mol. The molecule has 10 heavy (non-hydrogen) atoms. The van der Waals surface area contributed by atoms with E-state index < -0.39 is 0 Å². The molecule has 0 radical (unpaired) electrons. The van der Waals surface area contributed by atoms with Crippen molar-refractivity contribution in [2.45, 2.75) is 31.8 Å². The van der Waals surface area contributed by atoms with Crippen LogP contribution < -0.4 is 0 Å². The molecular weight excluding hydrogens is 128 g/mol. The van der Waals surface area contributed by atoms with E-state index in [1.54, 1.807) is 7.11 Å². The quantitative estimate of drug-likeness (QED) is 0.599. The molecule has 0 spiro atoms. The fourth-order valence-corrected chi connectivity index (χ4v) is 1.28. The molecule has 0 unspecified atom stereocenters. The average molecular weight is 144 g/mol. The monoisotopic (exact) mass is 144 g/mol. The lowest BCUT2D eigenvalue weighted by molar-refractivity contribution is -0.00223. The Morgan fingerprint density at radius 1 is 1.50 bits per heavy atom. The summed E-state index contributed by atoms with van der Waals surface area (Å²) in [5.41, 5.74) is 0. The van der Waals surface area contributed by atoms with Crippen LogP contribution in [0.15, 0.2) is 0 Å². The van der Waals surface area contributed by atoms with Gasteiger partial charge in [0.15, 0.2) is 0 Å². The molecule has 1 fully saturated rings. The van der Waals surface area contributed by atoms with Crippen LogP contribution in [0.1, 0.15) is 25.7 Å². The van der Waals surface area contributed by atoms with E-state index in [9.17, 15) is 0 Å². The molecule has 2 nitrogen and oxygen atoms in total. The van der Waals surface area contributed by atoms with Crippen molar-refractivity contribution >= 4 is 0 Å². The lowest BCUT2D eigenvalue weighted by Gasteiger charge is -2.21. The van der Waals surface area contributed by atoms with Crippen LogP contribution >= 0.6 is 0 Å². The van der Waals surface area contributed by atoms with Gasteiger partial charge in [0.1, 0.15) is 0 Å². The maximum atomic E-state index is 5.50. The van der Waals surface area contributed by atoms with E-state index in [4.69, 9.17) is 9.47 Å². The van der Waals surface area contributed by atoms with Crippen molar-refractivity contribution in [2.75, 3.05) is 20.3 Å². The Hall–Kier alpha value is -0.0800. The van der Waals surface area contributed by atoms with E-state index in [0.717, 1.165) is 19.6 Å². The van der Waals surface area contributed by atoms with Crippen LogP contribution in [0, 0.1) is 0 Å². The molecule has 0 aromatic rings. The van der Waals surface area contributed by atoms with Gasteiger partial charge in [0.2, 0.25) is 0 Å². The van der Waals surface area contributed by atoms with Crippen LogP contribution in [0.3, 0.4) is 0 Å². The average Bonchev–Trinajstić information content (AvgIpc) is 2.03. The Kier molecular flexibility index (Phi) is 3.76. The van der Waals surface area contributed by atoms with Crippen LogP contribution in [0.25, 0.3) is 0 Å². The molecule has 1 rings (SSSR count). The Morgan fingerprint density at radius 2 is 2.40 bits per heavy atom. The minimum atomic E-state index is 0.480. The van der Waals surface area contributed by atoms with Crippen molar-refractivity contribution in [3.05, 3.63) is 0 Å². The van der Waals surface area contributed by atoms with Crippen LogP contribution in [0.4, 0.5) is 0 Å². The molecule has 2 heteroatoms. The Morgan fingerprint density at radius 3 is 3.00 bits per heavy atom. The Bertz CT molecular complexity index is 77.3. The van der Waals surface area contributed by atoms with Gasteiger partial charge in [-0.25, -0.2) is 0 Å². The van der Waals surface area contributed by atoms with Gasteiger partial charge in [-0.05, 0) is 25.7 Å². The standard InChI is InChI=1S/C8H16O2/c1-9-7-5-8-4-2-3-6-10-8/h8H,2-7H2,1H3/t8-/m0/s1. The van der Waals surface area contributed by atoms with Crippen LogP contribution in [0.5, 0.6) is 0 Å². The summed E-state index contributed by atoms with van der Waals surface area (Å²) in [6.07, 6.45) is 5.34. The fraction of sp³-hybridized carbons (Fsp3) is 1.00. The summed E-state index contributed by atoms with van der Waals surface area (Å²) in [5.74, 6) is 0. The number of hydrogen-bond donors (Lipinski definition) is 0. The zero-order valence-corrected chi connectivity index (χ0v) is 6.64. The molecule has 1 heterocycles. The van der Waals surface area contributed by atoms with Gasteiger partial charge in [-0.1, -0.05) is 0 Å². The van der Waals surface area contributed by atoms with Crippen LogP contribution in [-0.2, 0) is 9.47 Å². The lowest BCUT2D eigenvalue weighted by atomic mass is 10.1. The van der Waals surface area contributed by atoms with Gasteiger partial charge >= 0.3 is 0 Å². The highest BCUT2D eigenvalue weighted by Crippen LogP contribution is 2.14. The van der Waals surface area contributed by atoms with Crippen molar-refractivity contribution in [1.29, 1.82) is 0 Å². The Labute approximate surface area is 62.5 Å². The summed E-state index contributed by atoms with van der Waals surface area (Å²) in [7, 11) is 1.74. The first kappa shape index (κ1) is 8.02. The molecule has 0 saturated carbocycles. The topological polar surface area (TPSA) is 18.5 Å². The van der Waals surface area contributed by atoms with Gasteiger partial charge in [-0.2, -0.15) is 0 Å². The zero-order valence-electron chi connectivity index (χ0n) is 6.64. The zero-order chi connectivity index (χ0) is 7.23. The summed E-state index contributed by atoms with van der Waals surface area (Å²) in [6, 6.07) is 0. The van der Waals surface area contributed by atoms with Crippen molar-refractivity contribution in [1.82, 2.24) is 0 Å². The summed E-state index contributed by atoms with van der Waals surface area (Å²) in [6.45, 7) is 1.79. The molecule has 0 aliphatic carbocycles. The lowest BCUT2D eigenvalue weighted by Crippen LogP contribution is -2.20. The van der Waals surface area contributed by atoms with E-state index in [0.29, 0.717) is 6.10 Å². The first-order chi connectivity index (χ1) is 4.93. The second kappa shape index (κ2) is 4.69. The maximum absolute atomic E-state index is 5.50.